The molecule has 0 bridgehead atoms. The number of ether oxygens (including phenoxy) is 1. The van der Waals surface area contributed by atoms with Gasteiger partial charge in [-0.1, -0.05) is 0 Å². The van der Waals surface area contributed by atoms with E-state index < -0.39 is 5.91 Å². The van der Waals surface area contributed by atoms with Gasteiger partial charge in [-0.15, -0.1) is 0 Å². The number of nitrogens with one attached hydrogen (secondary N) is 1. The number of rotatable bonds is 5. The third-order valence-electron chi connectivity index (χ3n) is 1.88. The molecule has 8 heteroatoms. The minimum absolute atomic E-state index is 0.0252. The van der Waals surface area contributed by atoms with Gasteiger partial charge in [0.2, 0.25) is 11.7 Å². The van der Waals surface area contributed by atoms with Gasteiger partial charge in [0, 0.05) is 7.05 Å². The van der Waals surface area contributed by atoms with Gasteiger partial charge in [-0.3, -0.25) is 4.79 Å². The molecule has 1 rings (SSSR count). The molecule has 0 atom stereocenters. The molecular formula is C8H14N6O2. The number of hydrazine groups is 1. The van der Waals surface area contributed by atoms with Crippen molar-refractivity contribution in [1.82, 2.24) is 9.97 Å². The van der Waals surface area contributed by atoms with E-state index in [0.717, 1.165) is 0 Å². The van der Waals surface area contributed by atoms with Crippen molar-refractivity contribution < 1.29 is 9.53 Å². The first-order valence-electron chi connectivity index (χ1n) is 4.45. The van der Waals surface area contributed by atoms with E-state index in [4.69, 9.17) is 16.3 Å². The number of likely N-dealkylation sites (N-methyl/N-ethyl adjacent to an activating group) is 1. The molecule has 1 heterocycles. The molecule has 0 aromatic carbocycles. The first kappa shape index (κ1) is 12.0. The van der Waals surface area contributed by atoms with E-state index >= 15 is 0 Å². The molecule has 5 N–H and O–H groups in total. The number of methoxy groups -OCH3 is 1. The molecule has 88 valence electrons. The Balaban J connectivity index is 3.07. The zero-order valence-corrected chi connectivity index (χ0v) is 9.10. The number of amides is 1. The highest BCUT2D eigenvalue weighted by atomic mass is 16.5. The van der Waals surface area contributed by atoms with Gasteiger partial charge in [-0.25, -0.2) is 15.8 Å². The average molecular weight is 226 g/mol. The number of hydrogen-bond acceptors (Lipinski definition) is 7. The molecule has 0 aliphatic carbocycles. The molecule has 1 aromatic heterocycles. The van der Waals surface area contributed by atoms with Crippen LogP contribution in [-0.2, 0) is 4.79 Å². The van der Waals surface area contributed by atoms with Gasteiger partial charge in [-0.2, -0.15) is 0 Å². The van der Waals surface area contributed by atoms with Gasteiger partial charge in [-0.05, 0) is 0 Å². The molecule has 0 unspecified atom stereocenters. The van der Waals surface area contributed by atoms with Crippen LogP contribution < -0.4 is 26.6 Å². The van der Waals surface area contributed by atoms with Gasteiger partial charge in [0.1, 0.15) is 6.33 Å². The molecular weight excluding hydrogens is 212 g/mol. The van der Waals surface area contributed by atoms with Crippen molar-refractivity contribution >= 4 is 17.5 Å². The van der Waals surface area contributed by atoms with E-state index in [-0.39, 0.29) is 6.54 Å². The number of aromatic nitrogens is 2. The highest BCUT2D eigenvalue weighted by molar-refractivity contribution is 5.80. The SMILES string of the molecule is COc1c(NN)ncnc1N(C)CC(N)=O. The lowest BCUT2D eigenvalue weighted by Gasteiger charge is -2.19. The van der Waals surface area contributed by atoms with Crippen molar-refractivity contribution in [3.05, 3.63) is 6.33 Å². The number of carbonyl (C=O) groups is 1. The molecule has 1 aromatic rings. The highest BCUT2D eigenvalue weighted by Gasteiger charge is 2.16. The maximum atomic E-state index is 10.8. The molecule has 0 aliphatic heterocycles. The lowest BCUT2D eigenvalue weighted by atomic mass is 10.4. The van der Waals surface area contributed by atoms with Crippen LogP contribution in [0.15, 0.2) is 6.33 Å². The van der Waals surface area contributed by atoms with Gasteiger partial charge in [0.25, 0.3) is 0 Å². The van der Waals surface area contributed by atoms with E-state index in [9.17, 15) is 4.79 Å². The van der Waals surface area contributed by atoms with Gasteiger partial charge >= 0.3 is 0 Å². The summed E-state index contributed by atoms with van der Waals surface area (Å²) in [5.74, 6) is 5.93. The summed E-state index contributed by atoms with van der Waals surface area (Å²) in [6, 6.07) is 0. The minimum atomic E-state index is -0.467. The summed E-state index contributed by atoms with van der Waals surface area (Å²) in [6.07, 6.45) is 1.31. The summed E-state index contributed by atoms with van der Waals surface area (Å²) < 4.78 is 5.11. The maximum Gasteiger partial charge on any atom is 0.236 e. The summed E-state index contributed by atoms with van der Waals surface area (Å²) in [4.78, 5) is 20.2. The second kappa shape index (κ2) is 5.12. The van der Waals surface area contributed by atoms with E-state index in [1.54, 1.807) is 11.9 Å². The van der Waals surface area contributed by atoms with Crippen molar-refractivity contribution in [1.29, 1.82) is 0 Å². The minimum Gasteiger partial charge on any atom is -0.490 e. The number of primary amides is 1. The normalized spacial score (nSPS) is 9.69. The lowest BCUT2D eigenvalue weighted by molar-refractivity contribution is -0.116. The Morgan fingerprint density at radius 1 is 1.62 bits per heavy atom. The maximum absolute atomic E-state index is 10.8. The van der Waals surface area contributed by atoms with E-state index in [1.807, 2.05) is 0 Å². The third-order valence-corrected chi connectivity index (χ3v) is 1.88. The van der Waals surface area contributed by atoms with Crippen LogP contribution in [0.4, 0.5) is 11.6 Å². The van der Waals surface area contributed by atoms with E-state index in [0.29, 0.717) is 17.4 Å². The highest BCUT2D eigenvalue weighted by Crippen LogP contribution is 2.30. The van der Waals surface area contributed by atoms with Crippen LogP contribution in [0, 0.1) is 0 Å². The van der Waals surface area contributed by atoms with E-state index in [2.05, 4.69) is 15.4 Å². The monoisotopic (exact) mass is 226 g/mol. The van der Waals surface area contributed by atoms with Crippen molar-refractivity contribution in [3.63, 3.8) is 0 Å². The number of nitrogens with two attached hydrogens (primary N) is 2. The number of nitrogens with zero attached hydrogens (tertiary/aromatic N) is 3. The summed E-state index contributed by atoms with van der Waals surface area (Å²) in [6.45, 7) is 0.0252. The molecule has 0 saturated heterocycles. The van der Waals surface area contributed by atoms with Crippen molar-refractivity contribution in [2.24, 2.45) is 11.6 Å². The number of anilines is 2. The first-order chi connectivity index (χ1) is 7.60. The van der Waals surface area contributed by atoms with Crippen LogP contribution in [0.3, 0.4) is 0 Å². The Kier molecular flexibility index (Phi) is 3.84. The molecule has 0 spiro atoms. The summed E-state index contributed by atoms with van der Waals surface area (Å²) in [5.41, 5.74) is 7.46. The topological polar surface area (TPSA) is 119 Å². The van der Waals surface area contributed by atoms with Crippen LogP contribution in [0.2, 0.25) is 0 Å². The summed E-state index contributed by atoms with van der Waals surface area (Å²) >= 11 is 0. The molecule has 0 saturated carbocycles. The molecule has 0 aliphatic rings. The summed E-state index contributed by atoms with van der Waals surface area (Å²) in [7, 11) is 3.12. The van der Waals surface area contributed by atoms with Crippen molar-refractivity contribution in [2.45, 2.75) is 0 Å². The fraction of sp³-hybridized carbons (Fsp3) is 0.375. The Hall–Kier alpha value is -2.09. The molecule has 8 nitrogen and oxygen atoms in total. The predicted molar refractivity (Wildman–Crippen MR) is 58.9 cm³/mol. The van der Waals surface area contributed by atoms with Crippen LogP contribution in [-0.4, -0.2) is 36.6 Å². The van der Waals surface area contributed by atoms with Gasteiger partial charge in [0.05, 0.1) is 13.7 Å². The number of hydrogen-bond donors (Lipinski definition) is 3. The largest absolute Gasteiger partial charge is 0.490 e. The second-order valence-corrected chi connectivity index (χ2v) is 3.05. The van der Waals surface area contributed by atoms with E-state index in [1.165, 1.54) is 13.4 Å². The molecule has 1 amide bonds. The Morgan fingerprint density at radius 2 is 2.31 bits per heavy atom. The van der Waals surface area contributed by atoms with Gasteiger partial charge < -0.3 is 20.8 Å². The number of carbonyl (C=O) groups excluding carboxylic acids is 1. The standard InChI is InChI=1S/C8H14N6O2/c1-14(3-5(9)15)8-6(16-2)7(13-10)11-4-12-8/h4H,3,10H2,1-2H3,(H2,9,15)(H,11,12,13). The third kappa shape index (κ3) is 2.48. The predicted octanol–water partition coefficient (Wildman–Crippen LogP) is -1.31. The quantitative estimate of drug-likeness (QED) is 0.421. The smallest absolute Gasteiger partial charge is 0.236 e. The van der Waals surface area contributed by atoms with Crippen LogP contribution in [0.5, 0.6) is 5.75 Å². The first-order valence-corrected chi connectivity index (χ1v) is 4.45. The molecule has 0 fully saturated rings. The molecule has 0 radical (unpaired) electrons. The Bertz CT molecular complexity index is 383. The van der Waals surface area contributed by atoms with Crippen LogP contribution in [0.25, 0.3) is 0 Å². The number of nitrogen functional groups attached to an aromatic ring is 1. The van der Waals surface area contributed by atoms with Crippen LogP contribution >= 0.6 is 0 Å². The average Bonchev–Trinajstić information content (AvgIpc) is 2.26. The van der Waals surface area contributed by atoms with Crippen LogP contribution in [0.1, 0.15) is 0 Å². The van der Waals surface area contributed by atoms with Gasteiger partial charge in [0.15, 0.2) is 11.6 Å². The lowest BCUT2D eigenvalue weighted by Crippen LogP contribution is -2.31. The zero-order valence-electron chi connectivity index (χ0n) is 9.10. The fourth-order valence-corrected chi connectivity index (χ4v) is 1.24. The Morgan fingerprint density at radius 3 is 2.81 bits per heavy atom. The fourth-order valence-electron chi connectivity index (χ4n) is 1.24. The molecule has 16 heavy (non-hydrogen) atoms. The summed E-state index contributed by atoms with van der Waals surface area (Å²) in [5, 5.41) is 0. The second-order valence-electron chi connectivity index (χ2n) is 3.05. The zero-order chi connectivity index (χ0) is 12.1. The Labute approximate surface area is 92.6 Å². The van der Waals surface area contributed by atoms with Crippen molar-refractivity contribution in [3.8, 4) is 5.75 Å². The van der Waals surface area contributed by atoms with Crippen molar-refractivity contribution in [2.75, 3.05) is 31.0 Å².